The second-order valence-electron chi connectivity index (χ2n) is 7.51. The molecule has 6 aromatic rings. The number of para-hydroxylation sites is 1. The van der Waals surface area contributed by atoms with E-state index in [9.17, 15) is 0 Å². The summed E-state index contributed by atoms with van der Waals surface area (Å²) in [5, 5.41) is 8.89. The Hall–Kier alpha value is -3.62. The summed E-state index contributed by atoms with van der Waals surface area (Å²) >= 11 is 1.85. The van der Waals surface area contributed by atoms with Gasteiger partial charge in [0.25, 0.3) is 0 Å². The van der Waals surface area contributed by atoms with E-state index in [4.69, 9.17) is 0 Å². The van der Waals surface area contributed by atoms with Crippen molar-refractivity contribution in [2.45, 2.75) is 0 Å². The normalized spacial score (nSPS) is 11.3. The lowest BCUT2D eigenvalue weighted by Gasteiger charge is -2.14. The van der Waals surface area contributed by atoms with Crippen molar-refractivity contribution in [1.82, 2.24) is 0 Å². The van der Waals surface area contributed by atoms with Crippen molar-refractivity contribution in [3.8, 4) is 11.1 Å². The Labute approximate surface area is 179 Å². The minimum Gasteiger partial charge on any atom is -0.354 e. The van der Waals surface area contributed by atoms with E-state index in [1.54, 1.807) is 0 Å². The molecular formula is C28H19NS. The first-order chi connectivity index (χ1) is 14.9. The van der Waals surface area contributed by atoms with Crippen molar-refractivity contribution < 1.29 is 0 Å². The van der Waals surface area contributed by atoms with Crippen molar-refractivity contribution >= 4 is 53.7 Å². The molecule has 30 heavy (non-hydrogen) atoms. The van der Waals surface area contributed by atoms with Gasteiger partial charge in [-0.05, 0) is 40.6 Å². The lowest BCUT2D eigenvalue weighted by molar-refractivity contribution is 1.57. The molecule has 0 unspecified atom stereocenters. The maximum Gasteiger partial charge on any atom is 0.0590 e. The van der Waals surface area contributed by atoms with E-state index >= 15 is 0 Å². The van der Waals surface area contributed by atoms with Gasteiger partial charge in [0.2, 0.25) is 0 Å². The van der Waals surface area contributed by atoms with Crippen LogP contribution >= 0.6 is 11.3 Å². The van der Waals surface area contributed by atoms with Gasteiger partial charge in [0.05, 0.1) is 10.4 Å². The average molecular weight is 402 g/mol. The molecule has 0 aliphatic heterocycles. The Morgan fingerprint density at radius 1 is 0.533 bits per heavy atom. The number of hydrogen-bond donors (Lipinski definition) is 1. The first kappa shape index (κ1) is 17.3. The summed E-state index contributed by atoms with van der Waals surface area (Å²) in [6, 6.07) is 38.9. The van der Waals surface area contributed by atoms with Gasteiger partial charge < -0.3 is 5.32 Å². The minimum absolute atomic E-state index is 1.12. The quantitative estimate of drug-likeness (QED) is 0.313. The molecule has 0 saturated carbocycles. The van der Waals surface area contributed by atoms with Crippen LogP contribution in [0.3, 0.4) is 0 Å². The van der Waals surface area contributed by atoms with Gasteiger partial charge in [-0.2, -0.15) is 0 Å². The third kappa shape index (κ3) is 2.85. The smallest absolute Gasteiger partial charge is 0.0590 e. The fourth-order valence-corrected chi connectivity index (χ4v) is 5.36. The Bertz CT molecular complexity index is 1530. The van der Waals surface area contributed by atoms with Gasteiger partial charge in [-0.3, -0.25) is 0 Å². The van der Waals surface area contributed by atoms with Crippen LogP contribution in [0.1, 0.15) is 0 Å². The highest BCUT2D eigenvalue weighted by atomic mass is 32.1. The zero-order chi connectivity index (χ0) is 19.9. The first-order valence-corrected chi connectivity index (χ1v) is 10.9. The van der Waals surface area contributed by atoms with Crippen LogP contribution in [0.25, 0.3) is 42.1 Å². The zero-order valence-corrected chi connectivity index (χ0v) is 17.1. The number of nitrogens with one attached hydrogen (secondary N) is 1. The van der Waals surface area contributed by atoms with Crippen LogP contribution in [0.2, 0.25) is 0 Å². The Morgan fingerprint density at radius 3 is 2.23 bits per heavy atom. The highest BCUT2D eigenvalue weighted by Gasteiger charge is 2.11. The van der Waals surface area contributed by atoms with Crippen molar-refractivity contribution in [2.75, 3.05) is 5.32 Å². The Balaban J connectivity index is 1.48. The molecule has 1 N–H and O–H groups in total. The highest BCUT2D eigenvalue weighted by molar-refractivity contribution is 7.26. The maximum absolute atomic E-state index is 3.73. The number of anilines is 2. The summed E-state index contributed by atoms with van der Waals surface area (Å²) in [5.41, 5.74) is 4.71. The van der Waals surface area contributed by atoms with E-state index in [0.29, 0.717) is 0 Å². The number of hydrogen-bond acceptors (Lipinski definition) is 2. The standard InChI is InChI=1S/C28H19NS/c1-2-9-20-18-21(17-16-19(20)8-1)22-10-3-5-13-25(22)29-26-14-7-12-24-23-11-4-6-15-27(23)30-28(24)26/h1-18,29H. The molecule has 0 spiro atoms. The molecule has 0 saturated heterocycles. The van der Waals surface area contributed by atoms with E-state index < -0.39 is 0 Å². The average Bonchev–Trinajstić information content (AvgIpc) is 3.19. The van der Waals surface area contributed by atoms with Crippen LogP contribution in [-0.4, -0.2) is 0 Å². The lowest BCUT2D eigenvalue weighted by atomic mass is 9.99. The summed E-state index contributed by atoms with van der Waals surface area (Å²) in [4.78, 5) is 0. The predicted octanol–water partition coefficient (Wildman–Crippen LogP) is 8.62. The fraction of sp³-hybridized carbons (Fsp3) is 0. The molecule has 0 bridgehead atoms. The van der Waals surface area contributed by atoms with Gasteiger partial charge in [-0.15, -0.1) is 11.3 Å². The number of thiophene rings is 1. The lowest BCUT2D eigenvalue weighted by Crippen LogP contribution is -1.93. The van der Waals surface area contributed by atoms with Crippen LogP contribution in [0.5, 0.6) is 0 Å². The SMILES string of the molecule is c1ccc(-c2ccc3ccccc3c2)c(Nc2cccc3c2sc2ccccc23)c1. The molecule has 0 atom stereocenters. The molecule has 6 rings (SSSR count). The third-order valence-electron chi connectivity index (χ3n) is 5.66. The Morgan fingerprint density at radius 2 is 1.27 bits per heavy atom. The second kappa shape index (κ2) is 7.01. The van der Waals surface area contributed by atoms with Crippen LogP contribution < -0.4 is 5.32 Å². The molecule has 5 aromatic carbocycles. The van der Waals surface area contributed by atoms with Gasteiger partial charge in [-0.25, -0.2) is 0 Å². The molecule has 0 aliphatic rings. The van der Waals surface area contributed by atoms with Gasteiger partial charge in [0.1, 0.15) is 0 Å². The van der Waals surface area contributed by atoms with E-state index in [0.717, 1.165) is 11.4 Å². The molecule has 0 amide bonds. The Kier molecular flexibility index (Phi) is 4.03. The third-order valence-corrected chi connectivity index (χ3v) is 6.88. The van der Waals surface area contributed by atoms with Crippen LogP contribution in [-0.2, 0) is 0 Å². The van der Waals surface area contributed by atoms with Gasteiger partial charge in [-0.1, -0.05) is 84.9 Å². The van der Waals surface area contributed by atoms with Gasteiger partial charge in [0, 0.05) is 26.7 Å². The van der Waals surface area contributed by atoms with Gasteiger partial charge in [0.15, 0.2) is 0 Å². The van der Waals surface area contributed by atoms with Crippen molar-refractivity contribution in [1.29, 1.82) is 0 Å². The predicted molar refractivity (Wildman–Crippen MR) is 132 cm³/mol. The summed E-state index contributed by atoms with van der Waals surface area (Å²) in [5.74, 6) is 0. The molecule has 0 aliphatic carbocycles. The summed E-state index contributed by atoms with van der Waals surface area (Å²) < 4.78 is 2.62. The van der Waals surface area contributed by atoms with Gasteiger partial charge >= 0.3 is 0 Å². The molecule has 1 aromatic heterocycles. The van der Waals surface area contributed by atoms with Crippen LogP contribution in [0, 0.1) is 0 Å². The van der Waals surface area contributed by atoms with Crippen molar-refractivity contribution in [3.63, 3.8) is 0 Å². The van der Waals surface area contributed by atoms with Crippen LogP contribution in [0.15, 0.2) is 109 Å². The number of fused-ring (bicyclic) bond motifs is 4. The molecule has 142 valence electrons. The monoisotopic (exact) mass is 401 g/mol. The van der Waals surface area contributed by atoms with Crippen molar-refractivity contribution in [3.05, 3.63) is 109 Å². The zero-order valence-electron chi connectivity index (χ0n) is 16.3. The molecule has 1 nitrogen and oxygen atoms in total. The molecule has 1 heterocycles. The van der Waals surface area contributed by atoms with E-state index in [1.807, 2.05) is 11.3 Å². The molecule has 0 radical (unpaired) electrons. The molecule has 2 heteroatoms. The largest absolute Gasteiger partial charge is 0.354 e. The fourth-order valence-electron chi connectivity index (χ4n) is 4.19. The molecular weight excluding hydrogens is 382 g/mol. The van der Waals surface area contributed by atoms with E-state index in [2.05, 4.69) is 115 Å². The molecule has 0 fully saturated rings. The number of rotatable bonds is 3. The van der Waals surface area contributed by atoms with E-state index in [-0.39, 0.29) is 0 Å². The van der Waals surface area contributed by atoms with E-state index in [1.165, 1.54) is 42.1 Å². The topological polar surface area (TPSA) is 12.0 Å². The van der Waals surface area contributed by atoms with Crippen molar-refractivity contribution in [2.24, 2.45) is 0 Å². The minimum atomic E-state index is 1.12. The highest BCUT2D eigenvalue weighted by Crippen LogP contribution is 2.40. The second-order valence-corrected chi connectivity index (χ2v) is 8.57. The summed E-state index contributed by atoms with van der Waals surface area (Å²) in [6.07, 6.45) is 0. The maximum atomic E-state index is 3.73. The first-order valence-electron chi connectivity index (χ1n) is 10.1. The summed E-state index contributed by atoms with van der Waals surface area (Å²) in [7, 11) is 0. The summed E-state index contributed by atoms with van der Waals surface area (Å²) in [6.45, 7) is 0. The van der Waals surface area contributed by atoms with Crippen LogP contribution in [0.4, 0.5) is 11.4 Å². The number of benzene rings is 5.